The van der Waals surface area contributed by atoms with Crippen LogP contribution < -0.4 is 0 Å². The number of hydrogen-bond donors (Lipinski definition) is 3. The van der Waals surface area contributed by atoms with E-state index in [0.717, 1.165) is 100 Å². The molecule has 0 bridgehead atoms. The molecule has 12 unspecified atom stereocenters. The lowest BCUT2D eigenvalue weighted by molar-refractivity contribution is -0.248. The topological polar surface area (TPSA) is 117 Å². The number of H-pyrrole nitrogens is 1. The van der Waals surface area contributed by atoms with Crippen molar-refractivity contribution < 1.29 is 29.3 Å². The number of ether oxygens (including phenoxy) is 2. The Morgan fingerprint density at radius 3 is 2.42 bits per heavy atom. The van der Waals surface area contributed by atoms with Crippen LogP contribution in [0.15, 0.2) is 47.8 Å². The van der Waals surface area contributed by atoms with Crippen molar-refractivity contribution in [2.24, 2.45) is 57.2 Å². The number of allylic oxidation sites excluding steroid dienone is 1. The second kappa shape index (κ2) is 15.2. The van der Waals surface area contributed by atoms with Crippen LogP contribution in [0.1, 0.15) is 160 Å². The van der Waals surface area contributed by atoms with Gasteiger partial charge < -0.3 is 29.2 Å². The quantitative estimate of drug-likeness (QED) is 0.175. The first kappa shape index (κ1) is 43.5. The minimum absolute atomic E-state index is 0.0320. The van der Waals surface area contributed by atoms with Crippen LogP contribution in [0.25, 0.3) is 11.0 Å². The van der Waals surface area contributed by atoms with E-state index >= 15 is 4.79 Å². The maximum atomic E-state index is 15.5. The van der Waals surface area contributed by atoms with Crippen molar-refractivity contribution in [2.75, 3.05) is 13.2 Å². The molecule has 4 heterocycles. The molecule has 11 rings (SSSR count). The van der Waals surface area contributed by atoms with E-state index in [0.29, 0.717) is 37.0 Å². The van der Waals surface area contributed by atoms with Gasteiger partial charge in [0.15, 0.2) is 5.78 Å². The van der Waals surface area contributed by atoms with E-state index in [1.165, 1.54) is 40.7 Å². The molecule has 1 spiro atoms. The Morgan fingerprint density at radius 2 is 1.69 bits per heavy atom. The molecule has 2 saturated heterocycles. The molecular formula is C56H76N2O6. The number of nitrogens with one attached hydrogen (secondary N) is 1. The number of carbonyl (C=O) groups is 2. The Balaban J connectivity index is 1.03. The third-order valence-electron chi connectivity index (χ3n) is 20.6. The second-order valence-corrected chi connectivity index (χ2v) is 24.1. The Morgan fingerprint density at radius 1 is 0.938 bits per heavy atom. The summed E-state index contributed by atoms with van der Waals surface area (Å²) in [7, 11) is 0. The van der Waals surface area contributed by atoms with Crippen molar-refractivity contribution in [2.45, 2.75) is 181 Å². The molecule has 8 aliphatic rings. The summed E-state index contributed by atoms with van der Waals surface area (Å²) < 4.78 is 14.1. The number of aliphatic hydroxyl groups excluding tert-OH is 2. The number of aromatic nitrogens is 2. The number of benzene rings is 1. The van der Waals surface area contributed by atoms with Gasteiger partial charge in [-0.1, -0.05) is 70.7 Å². The van der Waals surface area contributed by atoms with Crippen LogP contribution in [-0.2, 0) is 32.0 Å². The Hall–Kier alpha value is -3.04. The Labute approximate surface area is 381 Å². The average Bonchev–Trinajstić information content (AvgIpc) is 3.82. The fourth-order valence-electron chi connectivity index (χ4n) is 17.8. The average molecular weight is 873 g/mol. The number of epoxide rings is 1. The highest BCUT2D eigenvalue weighted by Crippen LogP contribution is 2.79. The highest BCUT2D eigenvalue weighted by Gasteiger charge is 2.76. The lowest BCUT2D eigenvalue weighted by Crippen LogP contribution is -2.71. The fraction of sp³-hybridized carbons (Fsp3) is 0.714. The number of aromatic amines is 1. The SMILES string of the molecule is Cc1cc(Cc2cn(CC3C4=C(C(C)CC(O)C5OC5(C)C)C(=O)C5CCCC6(CCC7C(C)(CCC(=O)C7(C)C7CCCC7)C6C3O)C45C)c3cc[nH]c23)cc(C2CCOCC2)c1. The van der Waals surface area contributed by atoms with Crippen molar-refractivity contribution in [3.63, 3.8) is 0 Å². The predicted octanol–water partition coefficient (Wildman–Crippen LogP) is 10.6. The summed E-state index contributed by atoms with van der Waals surface area (Å²) in [5, 5.41) is 25.5. The molecule has 0 amide bonds. The normalized spacial score (nSPS) is 39.5. The van der Waals surface area contributed by atoms with E-state index in [1.54, 1.807) is 0 Å². The summed E-state index contributed by atoms with van der Waals surface area (Å²) in [5.41, 5.74) is 7.99. The number of carbonyl (C=O) groups excluding carboxylic acids is 2. The molecule has 0 radical (unpaired) electrons. The first-order chi connectivity index (χ1) is 30.5. The van der Waals surface area contributed by atoms with Gasteiger partial charge in [-0.2, -0.15) is 0 Å². The lowest BCUT2D eigenvalue weighted by atomic mass is 9.31. The van der Waals surface area contributed by atoms with E-state index < -0.39 is 17.6 Å². The van der Waals surface area contributed by atoms with Crippen molar-refractivity contribution in [1.82, 2.24) is 9.55 Å². The Kier molecular flexibility index (Phi) is 10.4. The molecule has 12 atom stereocenters. The molecule has 8 heteroatoms. The van der Waals surface area contributed by atoms with Gasteiger partial charge in [0.1, 0.15) is 11.9 Å². The van der Waals surface area contributed by atoms with Gasteiger partial charge in [-0.05, 0) is 159 Å². The minimum Gasteiger partial charge on any atom is -0.392 e. The van der Waals surface area contributed by atoms with Crippen molar-refractivity contribution in [3.8, 4) is 0 Å². The summed E-state index contributed by atoms with van der Waals surface area (Å²) in [6.07, 6.45) is 17.1. The number of fused-ring (bicyclic) bond motifs is 3. The van der Waals surface area contributed by atoms with Gasteiger partial charge in [-0.3, -0.25) is 9.59 Å². The number of aryl methyl sites for hydroxylation is 1. The number of rotatable bonds is 10. The third kappa shape index (κ3) is 6.18. The molecule has 64 heavy (non-hydrogen) atoms. The molecule has 7 fully saturated rings. The molecule has 346 valence electrons. The number of Topliss-reactive ketones (excluding diaryl/α,β-unsaturated/α-hetero) is 2. The zero-order chi connectivity index (χ0) is 44.7. The maximum Gasteiger partial charge on any atom is 0.163 e. The molecule has 1 aromatic carbocycles. The number of aliphatic hydroxyl groups is 2. The molecule has 3 N–H and O–H groups in total. The highest BCUT2D eigenvalue weighted by atomic mass is 16.6. The van der Waals surface area contributed by atoms with Crippen LogP contribution in [-0.4, -0.2) is 68.5 Å². The van der Waals surface area contributed by atoms with E-state index in [-0.39, 0.29) is 63.3 Å². The zero-order valence-electron chi connectivity index (χ0n) is 39.9. The number of nitrogens with zero attached hydrogens (tertiary/aromatic N) is 1. The number of hydrogen-bond acceptors (Lipinski definition) is 6. The molecule has 2 aliphatic heterocycles. The summed E-state index contributed by atoms with van der Waals surface area (Å²) in [6, 6.07) is 9.31. The lowest BCUT2D eigenvalue weighted by Gasteiger charge is -2.73. The monoisotopic (exact) mass is 873 g/mol. The van der Waals surface area contributed by atoms with Crippen molar-refractivity contribution in [1.29, 1.82) is 0 Å². The summed E-state index contributed by atoms with van der Waals surface area (Å²) in [4.78, 5) is 33.6. The molecule has 3 aromatic rings. The van der Waals surface area contributed by atoms with Crippen molar-refractivity contribution in [3.05, 3.63) is 70.1 Å². The van der Waals surface area contributed by atoms with E-state index in [4.69, 9.17) is 9.47 Å². The zero-order valence-corrected chi connectivity index (χ0v) is 39.9. The smallest absolute Gasteiger partial charge is 0.163 e. The van der Waals surface area contributed by atoms with E-state index in [2.05, 4.69) is 80.8 Å². The van der Waals surface area contributed by atoms with Gasteiger partial charge in [0.25, 0.3) is 0 Å². The van der Waals surface area contributed by atoms with Crippen LogP contribution in [0.4, 0.5) is 0 Å². The second-order valence-electron chi connectivity index (χ2n) is 24.1. The van der Waals surface area contributed by atoms with Crippen LogP contribution in [0.2, 0.25) is 0 Å². The highest BCUT2D eigenvalue weighted by molar-refractivity contribution is 6.03. The number of ketones is 2. The minimum atomic E-state index is -0.682. The predicted molar refractivity (Wildman–Crippen MR) is 250 cm³/mol. The molecular weight excluding hydrogens is 797 g/mol. The van der Waals surface area contributed by atoms with E-state index in [1.807, 2.05) is 13.8 Å². The third-order valence-corrected chi connectivity index (χ3v) is 20.6. The van der Waals surface area contributed by atoms with Gasteiger partial charge in [-0.25, -0.2) is 0 Å². The fourth-order valence-corrected chi connectivity index (χ4v) is 17.8. The standard InChI is InChI=1S/C56H76N2O6/c1-32-25-34(28-36(26-32)35-17-23-63-24-18-35)29-37-30-58(41-16-22-57-47(37)41)31-39-46-45(33(2)27-42(59)51-52(3,4)64-51)49(62)40-13-10-19-56(55(40,46)7)21-14-43-53(5,50(56)48(39)61)20-15-44(60)54(43,6)38-11-8-9-12-38/h16,22,25-26,28,30,33,35,38-40,42-43,48,50-51,57,59,61H,8-15,17-21,23-24,27,29,31H2,1-7H3. The van der Waals surface area contributed by atoms with E-state index in [9.17, 15) is 15.0 Å². The van der Waals surface area contributed by atoms with Gasteiger partial charge in [0.05, 0.1) is 28.8 Å². The van der Waals surface area contributed by atoms with Gasteiger partial charge in [0, 0.05) is 67.7 Å². The van der Waals surface area contributed by atoms with Crippen molar-refractivity contribution >= 4 is 22.6 Å². The summed E-state index contributed by atoms with van der Waals surface area (Å²) >= 11 is 0. The van der Waals surface area contributed by atoms with Gasteiger partial charge >= 0.3 is 0 Å². The first-order valence-corrected chi connectivity index (χ1v) is 25.7. The van der Waals surface area contributed by atoms with Crippen LogP contribution in [0.5, 0.6) is 0 Å². The molecule has 8 nitrogen and oxygen atoms in total. The molecule has 2 aromatic heterocycles. The maximum absolute atomic E-state index is 15.5. The van der Waals surface area contributed by atoms with Gasteiger partial charge in [-0.15, -0.1) is 0 Å². The molecule has 5 saturated carbocycles. The summed E-state index contributed by atoms with van der Waals surface area (Å²) in [5.74, 6) is 1.25. The molecule has 6 aliphatic carbocycles. The summed E-state index contributed by atoms with van der Waals surface area (Å²) in [6.45, 7) is 18.0. The Bertz CT molecular complexity index is 2380. The largest absolute Gasteiger partial charge is 0.392 e. The van der Waals surface area contributed by atoms with Gasteiger partial charge in [0.2, 0.25) is 0 Å². The van der Waals surface area contributed by atoms with Crippen LogP contribution in [0.3, 0.4) is 0 Å². The first-order valence-electron chi connectivity index (χ1n) is 25.7. The van der Waals surface area contributed by atoms with Crippen LogP contribution in [0, 0.1) is 64.1 Å². The van der Waals surface area contributed by atoms with Crippen LogP contribution >= 0.6 is 0 Å².